The van der Waals surface area contributed by atoms with Gasteiger partial charge in [-0.1, -0.05) is 18.2 Å². The summed E-state index contributed by atoms with van der Waals surface area (Å²) in [4.78, 5) is 22.8. The second-order valence-electron chi connectivity index (χ2n) is 4.76. The van der Waals surface area contributed by atoms with E-state index in [1.807, 2.05) is 18.2 Å². The van der Waals surface area contributed by atoms with E-state index in [-0.39, 0.29) is 6.54 Å². The van der Waals surface area contributed by atoms with Crippen molar-refractivity contribution >= 4 is 17.7 Å². The van der Waals surface area contributed by atoms with Gasteiger partial charge in [-0.3, -0.25) is 4.79 Å². The van der Waals surface area contributed by atoms with E-state index in [9.17, 15) is 9.59 Å². The number of carbonyl (C=O) groups is 2. The molecule has 0 aliphatic heterocycles. The van der Waals surface area contributed by atoms with Crippen molar-refractivity contribution in [3.8, 4) is 0 Å². The number of para-hydroxylation sites is 1. The molecule has 5 heteroatoms. The fourth-order valence-corrected chi connectivity index (χ4v) is 1.23. The van der Waals surface area contributed by atoms with Crippen LogP contribution in [0.5, 0.6) is 0 Å². The predicted molar refractivity (Wildman–Crippen MR) is 69.3 cm³/mol. The molecule has 1 rings (SSSR count). The van der Waals surface area contributed by atoms with Crippen LogP contribution in [0.3, 0.4) is 0 Å². The average molecular weight is 250 g/mol. The first kappa shape index (κ1) is 14.0. The summed E-state index contributed by atoms with van der Waals surface area (Å²) in [6, 6.07) is 8.55. The number of nitrogens with one attached hydrogen (secondary N) is 2. The van der Waals surface area contributed by atoms with Gasteiger partial charge >= 0.3 is 12.0 Å². The molecule has 5 nitrogen and oxygen atoms in total. The summed E-state index contributed by atoms with van der Waals surface area (Å²) in [5.41, 5.74) is 0.119. The van der Waals surface area contributed by atoms with E-state index in [0.717, 1.165) is 0 Å². The number of hydrogen-bond donors (Lipinski definition) is 2. The molecular weight excluding hydrogens is 232 g/mol. The molecule has 0 spiro atoms. The molecule has 0 fully saturated rings. The van der Waals surface area contributed by atoms with Gasteiger partial charge in [0, 0.05) is 5.69 Å². The highest BCUT2D eigenvalue weighted by Gasteiger charge is 2.16. The number of amides is 2. The SMILES string of the molecule is CC(C)(C)OC(=O)CNC(=O)Nc1ccccc1. The molecule has 0 unspecified atom stereocenters. The maximum atomic E-state index is 11.5. The molecule has 0 saturated carbocycles. The Morgan fingerprint density at radius 2 is 1.78 bits per heavy atom. The fraction of sp³-hybridized carbons (Fsp3) is 0.385. The summed E-state index contributed by atoms with van der Waals surface area (Å²) >= 11 is 0. The minimum absolute atomic E-state index is 0.157. The topological polar surface area (TPSA) is 67.4 Å². The summed E-state index contributed by atoms with van der Waals surface area (Å²) in [6.07, 6.45) is 0. The highest BCUT2D eigenvalue weighted by molar-refractivity contribution is 5.91. The fourth-order valence-electron chi connectivity index (χ4n) is 1.23. The third kappa shape index (κ3) is 5.89. The van der Waals surface area contributed by atoms with Crippen LogP contribution in [0.25, 0.3) is 0 Å². The Morgan fingerprint density at radius 1 is 1.17 bits per heavy atom. The summed E-state index contributed by atoms with van der Waals surface area (Å²) in [7, 11) is 0. The van der Waals surface area contributed by atoms with E-state index >= 15 is 0 Å². The summed E-state index contributed by atoms with van der Waals surface area (Å²) in [6.45, 7) is 5.16. The molecule has 1 aromatic rings. The maximum Gasteiger partial charge on any atom is 0.325 e. The Bertz CT molecular complexity index is 410. The van der Waals surface area contributed by atoms with E-state index in [1.165, 1.54) is 0 Å². The van der Waals surface area contributed by atoms with Crippen LogP contribution >= 0.6 is 0 Å². The van der Waals surface area contributed by atoms with Crippen molar-refractivity contribution in [1.82, 2.24) is 5.32 Å². The van der Waals surface area contributed by atoms with Crippen molar-refractivity contribution < 1.29 is 14.3 Å². The Kier molecular flexibility index (Phi) is 4.71. The summed E-state index contributed by atoms with van der Waals surface area (Å²) < 4.78 is 5.06. The van der Waals surface area contributed by atoms with E-state index in [0.29, 0.717) is 5.69 Å². The third-order valence-electron chi connectivity index (χ3n) is 1.84. The highest BCUT2D eigenvalue weighted by Crippen LogP contribution is 2.06. The first-order chi connectivity index (χ1) is 8.37. The molecule has 0 atom stereocenters. The Morgan fingerprint density at radius 3 is 2.33 bits per heavy atom. The van der Waals surface area contributed by atoms with E-state index in [2.05, 4.69) is 10.6 Å². The Labute approximate surface area is 107 Å². The number of carbonyl (C=O) groups excluding carboxylic acids is 2. The van der Waals surface area contributed by atoms with E-state index in [4.69, 9.17) is 4.74 Å². The van der Waals surface area contributed by atoms with Crippen LogP contribution < -0.4 is 10.6 Å². The average Bonchev–Trinajstić information content (AvgIpc) is 2.25. The van der Waals surface area contributed by atoms with Gasteiger partial charge in [-0.2, -0.15) is 0 Å². The van der Waals surface area contributed by atoms with Crippen molar-refractivity contribution in [2.24, 2.45) is 0 Å². The summed E-state index contributed by atoms with van der Waals surface area (Å²) in [5, 5.41) is 5.03. The largest absolute Gasteiger partial charge is 0.459 e. The van der Waals surface area contributed by atoms with Crippen molar-refractivity contribution in [3.05, 3.63) is 30.3 Å². The van der Waals surface area contributed by atoms with Gasteiger partial charge in [-0.15, -0.1) is 0 Å². The quantitative estimate of drug-likeness (QED) is 0.808. The van der Waals surface area contributed by atoms with Crippen molar-refractivity contribution in [2.75, 3.05) is 11.9 Å². The normalized spacial score (nSPS) is 10.6. The third-order valence-corrected chi connectivity index (χ3v) is 1.84. The molecule has 0 aliphatic rings. The zero-order chi connectivity index (χ0) is 13.6. The lowest BCUT2D eigenvalue weighted by Gasteiger charge is -2.19. The summed E-state index contributed by atoms with van der Waals surface area (Å²) in [5.74, 6) is -0.467. The molecule has 0 heterocycles. The van der Waals surface area contributed by atoms with E-state index in [1.54, 1.807) is 32.9 Å². The minimum atomic E-state index is -0.547. The molecule has 2 amide bonds. The number of benzene rings is 1. The van der Waals surface area contributed by atoms with Gasteiger partial charge in [0.1, 0.15) is 12.1 Å². The van der Waals surface area contributed by atoms with Crippen LogP contribution in [0, 0.1) is 0 Å². The maximum absolute atomic E-state index is 11.5. The van der Waals surface area contributed by atoms with Gasteiger partial charge in [0.2, 0.25) is 0 Å². The number of rotatable bonds is 3. The van der Waals surface area contributed by atoms with Gasteiger partial charge in [0.25, 0.3) is 0 Å². The van der Waals surface area contributed by atoms with Crippen LogP contribution in [0.1, 0.15) is 20.8 Å². The van der Waals surface area contributed by atoms with Gasteiger partial charge in [0.15, 0.2) is 0 Å². The highest BCUT2D eigenvalue weighted by atomic mass is 16.6. The molecule has 0 bridgehead atoms. The zero-order valence-electron chi connectivity index (χ0n) is 10.8. The predicted octanol–water partition coefficient (Wildman–Crippen LogP) is 2.15. The molecule has 0 radical (unpaired) electrons. The smallest absolute Gasteiger partial charge is 0.325 e. The standard InChI is InChI=1S/C13H18N2O3/c1-13(2,3)18-11(16)9-14-12(17)15-10-7-5-4-6-8-10/h4-8H,9H2,1-3H3,(H2,14,15,17). The second kappa shape index (κ2) is 6.05. The minimum Gasteiger partial charge on any atom is -0.459 e. The Balaban J connectivity index is 2.32. The van der Waals surface area contributed by atoms with Crippen molar-refractivity contribution in [2.45, 2.75) is 26.4 Å². The molecule has 2 N–H and O–H groups in total. The molecule has 0 saturated heterocycles. The Hall–Kier alpha value is -2.04. The van der Waals surface area contributed by atoms with Gasteiger partial charge < -0.3 is 15.4 Å². The van der Waals surface area contributed by atoms with Gasteiger partial charge in [-0.05, 0) is 32.9 Å². The lowest BCUT2D eigenvalue weighted by atomic mass is 10.2. The second-order valence-corrected chi connectivity index (χ2v) is 4.76. The van der Waals surface area contributed by atoms with Gasteiger partial charge in [-0.25, -0.2) is 4.79 Å². The van der Waals surface area contributed by atoms with Crippen LogP contribution in [0.2, 0.25) is 0 Å². The van der Waals surface area contributed by atoms with Crippen LogP contribution in [-0.2, 0) is 9.53 Å². The molecule has 1 aromatic carbocycles. The molecular formula is C13H18N2O3. The van der Waals surface area contributed by atoms with E-state index < -0.39 is 17.6 Å². The lowest BCUT2D eigenvalue weighted by Crippen LogP contribution is -2.36. The number of esters is 1. The zero-order valence-corrected chi connectivity index (χ0v) is 10.8. The lowest BCUT2D eigenvalue weighted by molar-refractivity contribution is -0.153. The number of ether oxygens (including phenoxy) is 1. The molecule has 98 valence electrons. The number of urea groups is 1. The van der Waals surface area contributed by atoms with Crippen LogP contribution in [0.4, 0.5) is 10.5 Å². The number of anilines is 1. The molecule has 0 aromatic heterocycles. The van der Waals surface area contributed by atoms with Crippen LogP contribution in [-0.4, -0.2) is 24.1 Å². The van der Waals surface area contributed by atoms with Gasteiger partial charge in [0.05, 0.1) is 0 Å². The molecule has 0 aliphatic carbocycles. The first-order valence-corrected chi connectivity index (χ1v) is 5.68. The monoisotopic (exact) mass is 250 g/mol. The number of hydrogen-bond acceptors (Lipinski definition) is 3. The van der Waals surface area contributed by atoms with Crippen LogP contribution in [0.15, 0.2) is 30.3 Å². The van der Waals surface area contributed by atoms with Crippen molar-refractivity contribution in [1.29, 1.82) is 0 Å². The molecule has 18 heavy (non-hydrogen) atoms. The first-order valence-electron chi connectivity index (χ1n) is 5.68. The van der Waals surface area contributed by atoms with Crippen molar-refractivity contribution in [3.63, 3.8) is 0 Å².